The molecule has 4 nitrogen and oxygen atoms in total. The Morgan fingerprint density at radius 3 is 2.76 bits per heavy atom. The van der Waals surface area contributed by atoms with Crippen molar-refractivity contribution in [1.29, 1.82) is 0 Å². The summed E-state index contributed by atoms with van der Waals surface area (Å²) in [6.45, 7) is 4.50. The SMILES string of the molecule is CN(Cc1nccn1C)CC1CCNCC1.Cl. The highest BCUT2D eigenvalue weighted by Gasteiger charge is 2.15. The van der Waals surface area contributed by atoms with Crippen molar-refractivity contribution in [3.63, 3.8) is 0 Å². The average molecular weight is 259 g/mol. The predicted molar refractivity (Wildman–Crippen MR) is 72.4 cm³/mol. The van der Waals surface area contributed by atoms with E-state index in [1.807, 2.05) is 12.4 Å². The summed E-state index contributed by atoms with van der Waals surface area (Å²) >= 11 is 0. The lowest BCUT2D eigenvalue weighted by Crippen LogP contribution is -2.34. The molecule has 98 valence electrons. The Labute approximate surface area is 110 Å². The lowest BCUT2D eigenvalue weighted by molar-refractivity contribution is 0.229. The molecule has 1 aromatic heterocycles. The van der Waals surface area contributed by atoms with Crippen LogP contribution in [0.1, 0.15) is 18.7 Å². The highest BCUT2D eigenvalue weighted by molar-refractivity contribution is 5.85. The minimum atomic E-state index is 0. The Kier molecular flexibility index (Phi) is 5.95. The average Bonchev–Trinajstić information content (AvgIpc) is 2.66. The van der Waals surface area contributed by atoms with E-state index in [4.69, 9.17) is 0 Å². The molecule has 0 aromatic carbocycles. The Morgan fingerprint density at radius 1 is 1.47 bits per heavy atom. The summed E-state index contributed by atoms with van der Waals surface area (Å²) in [5.74, 6) is 2.00. The van der Waals surface area contributed by atoms with Crippen LogP contribution >= 0.6 is 12.4 Å². The number of nitrogens with one attached hydrogen (secondary N) is 1. The number of nitrogens with zero attached hydrogens (tertiary/aromatic N) is 3. The van der Waals surface area contributed by atoms with E-state index in [9.17, 15) is 0 Å². The molecule has 17 heavy (non-hydrogen) atoms. The van der Waals surface area contributed by atoms with Crippen molar-refractivity contribution in [2.75, 3.05) is 26.7 Å². The number of hydrogen-bond acceptors (Lipinski definition) is 3. The third-order valence-corrected chi connectivity index (χ3v) is 3.36. The molecule has 1 N–H and O–H groups in total. The Balaban J connectivity index is 0.00000144. The van der Waals surface area contributed by atoms with Crippen LogP contribution < -0.4 is 5.32 Å². The van der Waals surface area contributed by atoms with Crippen molar-refractivity contribution >= 4 is 12.4 Å². The molecule has 1 saturated heterocycles. The summed E-state index contributed by atoms with van der Waals surface area (Å²) in [5.41, 5.74) is 0. The third-order valence-electron chi connectivity index (χ3n) is 3.36. The quantitative estimate of drug-likeness (QED) is 0.883. The van der Waals surface area contributed by atoms with Gasteiger partial charge in [0.1, 0.15) is 5.82 Å². The maximum Gasteiger partial charge on any atom is 0.122 e. The lowest BCUT2D eigenvalue weighted by atomic mass is 9.98. The van der Waals surface area contributed by atoms with E-state index < -0.39 is 0 Å². The fraction of sp³-hybridized carbons (Fsp3) is 0.750. The molecule has 0 radical (unpaired) electrons. The lowest BCUT2D eigenvalue weighted by Gasteiger charge is -2.27. The molecule has 0 aliphatic carbocycles. The number of aromatic nitrogens is 2. The Hall–Kier alpha value is -0.580. The van der Waals surface area contributed by atoms with Crippen molar-refractivity contribution in [2.45, 2.75) is 19.4 Å². The van der Waals surface area contributed by atoms with Gasteiger partial charge in [0.05, 0.1) is 6.54 Å². The fourth-order valence-corrected chi connectivity index (χ4v) is 2.36. The van der Waals surface area contributed by atoms with Crippen LogP contribution in [0.4, 0.5) is 0 Å². The standard InChI is InChI=1S/C12H22N4.ClH/c1-15(9-11-3-5-13-6-4-11)10-12-14-7-8-16(12)2;/h7-8,11,13H,3-6,9-10H2,1-2H3;1H. The molecule has 1 fully saturated rings. The van der Waals surface area contributed by atoms with E-state index in [0.717, 1.165) is 18.3 Å². The predicted octanol–water partition coefficient (Wildman–Crippen LogP) is 1.27. The normalized spacial score (nSPS) is 17.1. The van der Waals surface area contributed by atoms with Gasteiger partial charge in [-0.3, -0.25) is 4.90 Å². The van der Waals surface area contributed by atoms with Gasteiger partial charge in [-0.1, -0.05) is 0 Å². The van der Waals surface area contributed by atoms with Gasteiger partial charge in [-0.2, -0.15) is 0 Å². The zero-order valence-electron chi connectivity index (χ0n) is 10.7. The van der Waals surface area contributed by atoms with Gasteiger partial charge in [0, 0.05) is 26.0 Å². The topological polar surface area (TPSA) is 33.1 Å². The van der Waals surface area contributed by atoms with Crippen LogP contribution in [0, 0.1) is 5.92 Å². The van der Waals surface area contributed by atoms with Crippen molar-refractivity contribution in [1.82, 2.24) is 19.8 Å². The zero-order chi connectivity index (χ0) is 11.4. The van der Waals surface area contributed by atoms with Crippen LogP contribution in [0.5, 0.6) is 0 Å². The van der Waals surface area contributed by atoms with Crippen LogP contribution in [0.25, 0.3) is 0 Å². The van der Waals surface area contributed by atoms with Crippen molar-refractivity contribution in [2.24, 2.45) is 13.0 Å². The van der Waals surface area contributed by atoms with Crippen molar-refractivity contribution in [3.8, 4) is 0 Å². The monoisotopic (exact) mass is 258 g/mol. The first-order chi connectivity index (χ1) is 7.75. The Morgan fingerprint density at radius 2 is 2.18 bits per heavy atom. The molecule has 0 spiro atoms. The molecule has 0 atom stereocenters. The first-order valence-electron chi connectivity index (χ1n) is 6.11. The number of aryl methyl sites for hydroxylation is 1. The highest BCUT2D eigenvalue weighted by atomic mass is 35.5. The highest BCUT2D eigenvalue weighted by Crippen LogP contribution is 2.13. The summed E-state index contributed by atoms with van der Waals surface area (Å²) in [5, 5.41) is 3.41. The third kappa shape index (κ3) is 4.30. The second-order valence-corrected chi connectivity index (χ2v) is 4.84. The molecule has 0 amide bonds. The smallest absolute Gasteiger partial charge is 0.122 e. The molecule has 2 heterocycles. The Bertz CT molecular complexity index is 320. The number of piperidine rings is 1. The molecule has 5 heteroatoms. The van der Waals surface area contributed by atoms with Crippen LogP contribution in [-0.2, 0) is 13.6 Å². The van der Waals surface area contributed by atoms with Crippen LogP contribution in [0.3, 0.4) is 0 Å². The van der Waals surface area contributed by atoms with Crippen molar-refractivity contribution in [3.05, 3.63) is 18.2 Å². The number of hydrogen-bond donors (Lipinski definition) is 1. The molecule has 1 aromatic rings. The van der Waals surface area contributed by atoms with Gasteiger partial charge in [0.15, 0.2) is 0 Å². The molecular formula is C12H23ClN4. The van der Waals surface area contributed by atoms with E-state index in [1.165, 1.54) is 32.5 Å². The maximum atomic E-state index is 4.36. The van der Waals surface area contributed by atoms with Gasteiger partial charge in [-0.25, -0.2) is 4.98 Å². The van der Waals surface area contributed by atoms with E-state index in [1.54, 1.807) is 0 Å². The molecule has 2 rings (SSSR count). The molecular weight excluding hydrogens is 236 g/mol. The van der Waals surface area contributed by atoms with E-state index in [0.29, 0.717) is 0 Å². The molecule has 0 unspecified atom stereocenters. The molecule has 1 aliphatic rings. The van der Waals surface area contributed by atoms with Crippen LogP contribution in [0.15, 0.2) is 12.4 Å². The second-order valence-electron chi connectivity index (χ2n) is 4.84. The van der Waals surface area contributed by atoms with Gasteiger partial charge < -0.3 is 9.88 Å². The minimum Gasteiger partial charge on any atom is -0.337 e. The summed E-state index contributed by atoms with van der Waals surface area (Å²) in [6, 6.07) is 0. The zero-order valence-corrected chi connectivity index (χ0v) is 11.5. The van der Waals surface area contributed by atoms with Gasteiger partial charge in [0.25, 0.3) is 0 Å². The fourth-order valence-electron chi connectivity index (χ4n) is 2.36. The van der Waals surface area contributed by atoms with E-state index >= 15 is 0 Å². The van der Waals surface area contributed by atoms with Gasteiger partial charge in [0.2, 0.25) is 0 Å². The molecule has 0 bridgehead atoms. The van der Waals surface area contributed by atoms with Crippen LogP contribution in [0.2, 0.25) is 0 Å². The minimum absolute atomic E-state index is 0. The van der Waals surface area contributed by atoms with Gasteiger partial charge in [-0.15, -0.1) is 12.4 Å². The largest absolute Gasteiger partial charge is 0.337 e. The molecule has 1 aliphatic heterocycles. The van der Waals surface area contributed by atoms with Gasteiger partial charge >= 0.3 is 0 Å². The second kappa shape index (κ2) is 6.99. The number of halogens is 1. The summed E-state index contributed by atoms with van der Waals surface area (Å²) in [6.07, 6.45) is 6.50. The molecule has 0 saturated carbocycles. The van der Waals surface area contributed by atoms with E-state index in [-0.39, 0.29) is 12.4 Å². The first-order valence-corrected chi connectivity index (χ1v) is 6.11. The van der Waals surface area contributed by atoms with Gasteiger partial charge in [-0.05, 0) is 38.9 Å². The number of imidazole rings is 1. The summed E-state index contributed by atoms with van der Waals surface area (Å²) < 4.78 is 2.10. The van der Waals surface area contributed by atoms with Crippen LogP contribution in [-0.4, -0.2) is 41.1 Å². The first kappa shape index (κ1) is 14.5. The summed E-state index contributed by atoms with van der Waals surface area (Å²) in [7, 11) is 4.25. The summed E-state index contributed by atoms with van der Waals surface area (Å²) in [4.78, 5) is 6.75. The van der Waals surface area contributed by atoms with Crippen molar-refractivity contribution < 1.29 is 0 Å². The maximum absolute atomic E-state index is 4.36. The number of rotatable bonds is 4. The van der Waals surface area contributed by atoms with E-state index in [2.05, 4.69) is 33.9 Å².